The van der Waals surface area contributed by atoms with Gasteiger partial charge in [0, 0.05) is 0 Å². The molecule has 0 fully saturated rings. The standard InChI is InChI=1S/C11H9N3O3/c15-11-12-6-10(14(16)17)8-13(11)7-9-4-2-1-3-5-9/h1-6,8H,7H2. The Morgan fingerprint density at radius 1 is 1.29 bits per heavy atom. The molecule has 6 nitrogen and oxygen atoms in total. The van der Waals surface area contributed by atoms with Crippen molar-refractivity contribution in [2.24, 2.45) is 0 Å². The first-order chi connectivity index (χ1) is 8.16. The molecule has 0 saturated heterocycles. The molecule has 17 heavy (non-hydrogen) atoms. The van der Waals surface area contributed by atoms with Gasteiger partial charge in [0.1, 0.15) is 6.20 Å². The summed E-state index contributed by atoms with van der Waals surface area (Å²) in [5.74, 6) is 0. The highest BCUT2D eigenvalue weighted by Crippen LogP contribution is 2.06. The zero-order valence-corrected chi connectivity index (χ0v) is 8.81. The summed E-state index contributed by atoms with van der Waals surface area (Å²) in [5, 5.41) is 10.6. The molecule has 0 aliphatic rings. The van der Waals surface area contributed by atoms with E-state index in [-0.39, 0.29) is 12.2 Å². The molecule has 0 N–H and O–H groups in total. The minimum absolute atomic E-state index is 0.194. The van der Waals surface area contributed by atoms with Crippen molar-refractivity contribution in [2.75, 3.05) is 0 Å². The molecule has 2 rings (SSSR count). The van der Waals surface area contributed by atoms with Crippen molar-refractivity contribution in [1.82, 2.24) is 9.55 Å². The Bertz CT molecular complexity index is 592. The average Bonchev–Trinajstić information content (AvgIpc) is 2.33. The first kappa shape index (κ1) is 11.0. The molecule has 0 aliphatic carbocycles. The second kappa shape index (κ2) is 4.56. The van der Waals surface area contributed by atoms with Gasteiger partial charge < -0.3 is 0 Å². The highest BCUT2D eigenvalue weighted by molar-refractivity contribution is 5.22. The van der Waals surface area contributed by atoms with E-state index < -0.39 is 10.6 Å². The maximum absolute atomic E-state index is 11.4. The van der Waals surface area contributed by atoms with Crippen LogP contribution < -0.4 is 5.69 Å². The van der Waals surface area contributed by atoms with Crippen molar-refractivity contribution in [1.29, 1.82) is 0 Å². The Labute approximate surface area is 96.3 Å². The molecule has 0 saturated carbocycles. The predicted octanol–water partition coefficient (Wildman–Crippen LogP) is 1.20. The van der Waals surface area contributed by atoms with Gasteiger partial charge in [-0.1, -0.05) is 30.3 Å². The van der Waals surface area contributed by atoms with Gasteiger partial charge in [-0.05, 0) is 5.56 Å². The summed E-state index contributed by atoms with van der Waals surface area (Å²) in [4.78, 5) is 24.9. The van der Waals surface area contributed by atoms with Gasteiger partial charge in [0.05, 0.1) is 17.7 Å². The first-order valence-electron chi connectivity index (χ1n) is 4.91. The van der Waals surface area contributed by atoms with Gasteiger partial charge in [-0.3, -0.25) is 14.7 Å². The molecule has 0 radical (unpaired) electrons. The fourth-order valence-corrected chi connectivity index (χ4v) is 1.43. The summed E-state index contributed by atoms with van der Waals surface area (Å²) in [6.45, 7) is 0.272. The van der Waals surface area contributed by atoms with Gasteiger partial charge in [0.15, 0.2) is 0 Å². The summed E-state index contributed by atoms with van der Waals surface area (Å²) < 4.78 is 1.22. The monoisotopic (exact) mass is 231 g/mol. The summed E-state index contributed by atoms with van der Waals surface area (Å²) >= 11 is 0. The fraction of sp³-hybridized carbons (Fsp3) is 0.0909. The Kier molecular flexibility index (Phi) is 2.95. The molecule has 1 aromatic carbocycles. The van der Waals surface area contributed by atoms with E-state index in [1.807, 2.05) is 30.3 Å². The van der Waals surface area contributed by atoms with E-state index in [9.17, 15) is 14.9 Å². The molecular weight excluding hydrogens is 222 g/mol. The molecule has 0 aliphatic heterocycles. The molecule has 86 valence electrons. The van der Waals surface area contributed by atoms with Crippen molar-refractivity contribution in [2.45, 2.75) is 6.54 Å². The lowest BCUT2D eigenvalue weighted by Gasteiger charge is -2.03. The number of aromatic nitrogens is 2. The van der Waals surface area contributed by atoms with E-state index in [0.29, 0.717) is 0 Å². The third kappa shape index (κ3) is 2.54. The van der Waals surface area contributed by atoms with E-state index >= 15 is 0 Å². The van der Waals surface area contributed by atoms with Crippen LogP contribution in [0.3, 0.4) is 0 Å². The van der Waals surface area contributed by atoms with Crippen LogP contribution in [0.5, 0.6) is 0 Å². The Morgan fingerprint density at radius 3 is 2.65 bits per heavy atom. The number of nitro groups is 1. The quantitative estimate of drug-likeness (QED) is 0.587. The van der Waals surface area contributed by atoms with Crippen LogP contribution >= 0.6 is 0 Å². The van der Waals surface area contributed by atoms with Crippen molar-refractivity contribution >= 4 is 5.69 Å². The van der Waals surface area contributed by atoms with E-state index in [0.717, 1.165) is 11.8 Å². The molecule has 1 heterocycles. The third-order valence-electron chi connectivity index (χ3n) is 2.25. The smallest absolute Gasteiger partial charge is 0.288 e. The summed E-state index contributed by atoms with van der Waals surface area (Å²) in [6.07, 6.45) is 2.16. The van der Waals surface area contributed by atoms with E-state index in [4.69, 9.17) is 0 Å². The number of rotatable bonds is 3. The highest BCUT2D eigenvalue weighted by atomic mass is 16.6. The lowest BCUT2D eigenvalue weighted by atomic mass is 10.2. The Balaban J connectivity index is 2.36. The van der Waals surface area contributed by atoms with Crippen molar-refractivity contribution in [3.05, 3.63) is 68.9 Å². The van der Waals surface area contributed by atoms with Crippen LogP contribution in [-0.2, 0) is 6.54 Å². The zero-order valence-electron chi connectivity index (χ0n) is 8.81. The predicted molar refractivity (Wildman–Crippen MR) is 60.7 cm³/mol. The van der Waals surface area contributed by atoms with Crippen LogP contribution in [0, 0.1) is 10.1 Å². The van der Waals surface area contributed by atoms with Crippen LogP contribution in [0.25, 0.3) is 0 Å². The molecule has 0 unspecified atom stereocenters. The van der Waals surface area contributed by atoms with Gasteiger partial charge in [0.2, 0.25) is 0 Å². The molecular formula is C11H9N3O3. The van der Waals surface area contributed by atoms with Crippen LogP contribution in [0.2, 0.25) is 0 Å². The zero-order chi connectivity index (χ0) is 12.3. The lowest BCUT2D eigenvalue weighted by Crippen LogP contribution is -2.22. The van der Waals surface area contributed by atoms with Crippen LogP contribution in [0.1, 0.15) is 5.56 Å². The van der Waals surface area contributed by atoms with Crippen LogP contribution in [0.15, 0.2) is 47.5 Å². The summed E-state index contributed by atoms with van der Waals surface area (Å²) in [7, 11) is 0. The third-order valence-corrected chi connectivity index (χ3v) is 2.25. The normalized spacial score (nSPS) is 10.1. The van der Waals surface area contributed by atoms with Gasteiger partial charge in [-0.25, -0.2) is 4.79 Å². The van der Waals surface area contributed by atoms with E-state index in [1.165, 1.54) is 10.8 Å². The molecule has 0 atom stereocenters. The van der Waals surface area contributed by atoms with E-state index in [1.54, 1.807) is 0 Å². The second-order valence-electron chi connectivity index (χ2n) is 3.47. The maximum Gasteiger partial charge on any atom is 0.348 e. The Hall–Kier alpha value is -2.50. The van der Waals surface area contributed by atoms with Crippen LogP contribution in [-0.4, -0.2) is 14.5 Å². The van der Waals surface area contributed by atoms with Gasteiger partial charge in [-0.15, -0.1) is 0 Å². The molecule has 0 spiro atoms. The topological polar surface area (TPSA) is 78.0 Å². The second-order valence-corrected chi connectivity index (χ2v) is 3.47. The van der Waals surface area contributed by atoms with Crippen LogP contribution in [0.4, 0.5) is 5.69 Å². The van der Waals surface area contributed by atoms with Crippen molar-refractivity contribution < 1.29 is 4.92 Å². The SMILES string of the molecule is O=c1ncc([N+](=O)[O-])cn1Cc1ccccc1. The molecule has 6 heteroatoms. The van der Waals surface area contributed by atoms with Crippen molar-refractivity contribution in [3.63, 3.8) is 0 Å². The Morgan fingerprint density at radius 2 is 2.00 bits per heavy atom. The van der Waals surface area contributed by atoms with Gasteiger partial charge in [0.25, 0.3) is 0 Å². The van der Waals surface area contributed by atoms with E-state index in [2.05, 4.69) is 4.98 Å². The number of hydrogen-bond donors (Lipinski definition) is 0. The lowest BCUT2D eigenvalue weighted by molar-refractivity contribution is -0.385. The minimum Gasteiger partial charge on any atom is -0.288 e. The molecule has 1 aromatic heterocycles. The molecule has 0 bridgehead atoms. The number of benzene rings is 1. The van der Waals surface area contributed by atoms with Gasteiger partial charge in [-0.2, -0.15) is 4.98 Å². The number of nitrogens with zero attached hydrogens (tertiary/aromatic N) is 3. The van der Waals surface area contributed by atoms with Crippen molar-refractivity contribution in [3.8, 4) is 0 Å². The maximum atomic E-state index is 11.4. The first-order valence-corrected chi connectivity index (χ1v) is 4.91. The largest absolute Gasteiger partial charge is 0.348 e. The average molecular weight is 231 g/mol. The highest BCUT2D eigenvalue weighted by Gasteiger charge is 2.08. The summed E-state index contributed by atoms with van der Waals surface area (Å²) in [6, 6.07) is 9.21. The summed E-state index contributed by atoms with van der Waals surface area (Å²) in [5.41, 5.74) is 0.192. The van der Waals surface area contributed by atoms with Gasteiger partial charge >= 0.3 is 11.4 Å². The molecule has 0 amide bonds. The molecule has 2 aromatic rings. The fourth-order valence-electron chi connectivity index (χ4n) is 1.43. The number of hydrogen-bond acceptors (Lipinski definition) is 4. The minimum atomic E-state index is -0.575.